The molecular formula is C22H26N4O2. The summed E-state index contributed by atoms with van der Waals surface area (Å²) in [5.74, 6) is 0.857. The molecule has 0 saturated carbocycles. The van der Waals surface area contributed by atoms with Gasteiger partial charge in [-0.05, 0) is 38.7 Å². The Morgan fingerprint density at radius 2 is 2.00 bits per heavy atom. The van der Waals surface area contributed by atoms with Crippen molar-refractivity contribution in [3.63, 3.8) is 0 Å². The molecule has 1 fully saturated rings. The van der Waals surface area contributed by atoms with Crippen molar-refractivity contribution in [3.8, 4) is 11.3 Å². The molecule has 1 amide bonds. The first kappa shape index (κ1) is 18.5. The third-order valence-corrected chi connectivity index (χ3v) is 5.37. The van der Waals surface area contributed by atoms with E-state index in [0.717, 1.165) is 48.3 Å². The van der Waals surface area contributed by atoms with Gasteiger partial charge in [-0.25, -0.2) is 0 Å². The van der Waals surface area contributed by atoms with Crippen molar-refractivity contribution in [1.29, 1.82) is 0 Å². The van der Waals surface area contributed by atoms with Gasteiger partial charge in [0.15, 0.2) is 5.76 Å². The van der Waals surface area contributed by atoms with E-state index in [4.69, 9.17) is 9.62 Å². The highest BCUT2D eigenvalue weighted by Crippen LogP contribution is 2.36. The monoisotopic (exact) mass is 378 g/mol. The molecule has 2 aromatic heterocycles. The Labute approximate surface area is 165 Å². The van der Waals surface area contributed by atoms with E-state index in [1.165, 1.54) is 5.56 Å². The van der Waals surface area contributed by atoms with Crippen LogP contribution in [0.15, 0.2) is 41.1 Å². The molecule has 146 valence electrons. The van der Waals surface area contributed by atoms with Gasteiger partial charge in [0.1, 0.15) is 0 Å². The lowest BCUT2D eigenvalue weighted by Crippen LogP contribution is -2.39. The predicted octanol–water partition coefficient (Wildman–Crippen LogP) is 3.99. The summed E-state index contributed by atoms with van der Waals surface area (Å²) in [6.07, 6.45) is 5.40. The maximum absolute atomic E-state index is 13.2. The molecule has 1 aromatic carbocycles. The molecule has 4 rings (SSSR count). The lowest BCUT2D eigenvalue weighted by atomic mass is 9.95. The van der Waals surface area contributed by atoms with Crippen molar-refractivity contribution >= 4 is 5.91 Å². The van der Waals surface area contributed by atoms with E-state index in [9.17, 15) is 4.79 Å². The van der Waals surface area contributed by atoms with Crippen molar-refractivity contribution < 1.29 is 9.32 Å². The molecular weight excluding hydrogens is 352 g/mol. The summed E-state index contributed by atoms with van der Waals surface area (Å²) in [4.78, 5) is 15.1. The molecule has 0 spiro atoms. The topological polar surface area (TPSA) is 64.2 Å². The van der Waals surface area contributed by atoms with Gasteiger partial charge in [-0.3, -0.25) is 9.48 Å². The molecule has 1 aliphatic heterocycles. The number of nitrogens with zero attached hydrogens (tertiary/aromatic N) is 4. The molecule has 3 aromatic rings. The van der Waals surface area contributed by atoms with E-state index < -0.39 is 0 Å². The summed E-state index contributed by atoms with van der Waals surface area (Å²) >= 11 is 0. The number of carbonyl (C=O) groups is 1. The average molecular weight is 378 g/mol. The second kappa shape index (κ2) is 7.62. The van der Waals surface area contributed by atoms with E-state index >= 15 is 0 Å². The summed E-state index contributed by atoms with van der Waals surface area (Å²) in [7, 11) is 1.90. The lowest BCUT2D eigenvalue weighted by Gasteiger charge is -2.35. The van der Waals surface area contributed by atoms with Gasteiger partial charge in [-0.1, -0.05) is 35.0 Å². The van der Waals surface area contributed by atoms with Crippen LogP contribution in [0.4, 0.5) is 0 Å². The number of hydrogen-bond acceptors (Lipinski definition) is 4. The molecule has 6 heteroatoms. The zero-order valence-electron chi connectivity index (χ0n) is 16.7. The highest BCUT2D eigenvalue weighted by molar-refractivity contribution is 5.79. The predicted molar refractivity (Wildman–Crippen MR) is 107 cm³/mol. The van der Waals surface area contributed by atoms with Gasteiger partial charge in [0.2, 0.25) is 5.91 Å². The Balaban J connectivity index is 1.62. The Kier molecular flexibility index (Phi) is 5.03. The van der Waals surface area contributed by atoms with Crippen LogP contribution in [0.1, 0.15) is 47.8 Å². The Morgan fingerprint density at radius 1 is 1.21 bits per heavy atom. The number of aryl methyl sites for hydroxylation is 3. The fourth-order valence-electron chi connectivity index (χ4n) is 3.93. The first-order chi connectivity index (χ1) is 13.5. The smallest absolute Gasteiger partial charge is 0.227 e. The molecule has 0 N–H and O–H groups in total. The van der Waals surface area contributed by atoms with Gasteiger partial charge >= 0.3 is 0 Å². The van der Waals surface area contributed by atoms with E-state index in [0.29, 0.717) is 12.2 Å². The molecule has 1 atom stereocenters. The van der Waals surface area contributed by atoms with Crippen LogP contribution >= 0.6 is 0 Å². The zero-order valence-corrected chi connectivity index (χ0v) is 16.7. The third kappa shape index (κ3) is 3.72. The van der Waals surface area contributed by atoms with Gasteiger partial charge in [0, 0.05) is 25.9 Å². The standard InChI is InChI=1S/C22H26N4O2/c1-15-7-9-17(10-8-15)13-21(27)26-11-5-4-6-19(26)22-18(14-25(3)23-22)20-12-16(2)24-28-20/h7-10,12,14,19H,4-6,11,13H2,1-3H3/t19-/m0/s1. The maximum atomic E-state index is 13.2. The van der Waals surface area contributed by atoms with Crippen molar-refractivity contribution in [2.75, 3.05) is 6.54 Å². The van der Waals surface area contributed by atoms with Crippen LogP contribution in [0.5, 0.6) is 0 Å². The summed E-state index contributed by atoms with van der Waals surface area (Å²) in [5.41, 5.74) is 4.90. The highest BCUT2D eigenvalue weighted by atomic mass is 16.5. The Bertz CT molecular complexity index is 971. The molecule has 1 aliphatic rings. The fraction of sp³-hybridized carbons (Fsp3) is 0.409. The third-order valence-electron chi connectivity index (χ3n) is 5.37. The minimum Gasteiger partial charge on any atom is -0.356 e. The van der Waals surface area contributed by atoms with Crippen LogP contribution in [-0.2, 0) is 18.3 Å². The number of hydrogen-bond donors (Lipinski definition) is 0. The number of piperidine rings is 1. The van der Waals surface area contributed by atoms with Crippen LogP contribution < -0.4 is 0 Å². The summed E-state index contributed by atoms with van der Waals surface area (Å²) in [6, 6.07) is 10.1. The molecule has 0 radical (unpaired) electrons. The van der Waals surface area contributed by atoms with Gasteiger partial charge in [0.25, 0.3) is 0 Å². The van der Waals surface area contributed by atoms with Crippen LogP contribution in [-0.4, -0.2) is 32.3 Å². The first-order valence-corrected chi connectivity index (χ1v) is 9.83. The second-order valence-electron chi connectivity index (χ2n) is 7.70. The summed E-state index contributed by atoms with van der Waals surface area (Å²) < 4.78 is 7.28. The average Bonchev–Trinajstić information content (AvgIpc) is 3.29. The number of benzene rings is 1. The highest BCUT2D eigenvalue weighted by Gasteiger charge is 2.32. The molecule has 1 saturated heterocycles. The normalized spacial score (nSPS) is 17.1. The summed E-state index contributed by atoms with van der Waals surface area (Å²) in [5, 5.41) is 8.72. The molecule has 3 heterocycles. The molecule has 0 aliphatic carbocycles. The van der Waals surface area contributed by atoms with E-state index in [1.807, 2.05) is 43.3 Å². The minimum absolute atomic E-state index is 0.0340. The number of aromatic nitrogens is 3. The first-order valence-electron chi connectivity index (χ1n) is 9.83. The fourth-order valence-corrected chi connectivity index (χ4v) is 3.93. The van der Waals surface area contributed by atoms with Crippen molar-refractivity contribution in [1.82, 2.24) is 19.8 Å². The van der Waals surface area contributed by atoms with Crippen LogP contribution in [0, 0.1) is 13.8 Å². The van der Waals surface area contributed by atoms with Crippen molar-refractivity contribution in [3.05, 3.63) is 59.0 Å². The van der Waals surface area contributed by atoms with E-state index in [1.54, 1.807) is 4.68 Å². The maximum Gasteiger partial charge on any atom is 0.227 e. The number of likely N-dealkylation sites (tertiary alicyclic amines) is 1. The zero-order chi connectivity index (χ0) is 19.7. The molecule has 28 heavy (non-hydrogen) atoms. The molecule has 0 unspecified atom stereocenters. The van der Waals surface area contributed by atoms with Crippen LogP contribution in [0.2, 0.25) is 0 Å². The minimum atomic E-state index is -0.0340. The number of rotatable bonds is 4. The van der Waals surface area contributed by atoms with Gasteiger partial charge < -0.3 is 9.42 Å². The van der Waals surface area contributed by atoms with E-state index in [-0.39, 0.29) is 11.9 Å². The van der Waals surface area contributed by atoms with Gasteiger partial charge in [-0.2, -0.15) is 5.10 Å². The van der Waals surface area contributed by atoms with Crippen LogP contribution in [0.25, 0.3) is 11.3 Å². The van der Waals surface area contributed by atoms with E-state index in [2.05, 4.69) is 24.2 Å². The van der Waals surface area contributed by atoms with Crippen molar-refractivity contribution in [2.45, 2.75) is 45.6 Å². The number of amides is 1. The Hall–Kier alpha value is -2.89. The SMILES string of the molecule is Cc1ccc(CC(=O)N2CCCC[C@H]2c2nn(C)cc2-c2cc(C)no2)cc1. The second-order valence-corrected chi connectivity index (χ2v) is 7.70. The molecule has 0 bridgehead atoms. The number of carbonyl (C=O) groups excluding carboxylic acids is 1. The largest absolute Gasteiger partial charge is 0.356 e. The van der Waals surface area contributed by atoms with Crippen LogP contribution in [0.3, 0.4) is 0 Å². The Morgan fingerprint density at radius 3 is 2.71 bits per heavy atom. The van der Waals surface area contributed by atoms with Crippen molar-refractivity contribution in [2.24, 2.45) is 7.05 Å². The van der Waals surface area contributed by atoms with Gasteiger partial charge in [-0.15, -0.1) is 0 Å². The van der Waals surface area contributed by atoms with Gasteiger partial charge in [0.05, 0.1) is 29.4 Å². The summed E-state index contributed by atoms with van der Waals surface area (Å²) in [6.45, 7) is 4.72. The molecule has 6 nitrogen and oxygen atoms in total. The quantitative estimate of drug-likeness (QED) is 0.689. The lowest BCUT2D eigenvalue weighted by molar-refractivity contribution is -0.134.